The van der Waals surface area contributed by atoms with Gasteiger partial charge in [0.2, 0.25) is 0 Å². The maximum absolute atomic E-state index is 6.05. The van der Waals surface area contributed by atoms with Crippen LogP contribution in [-0.4, -0.2) is 0 Å². The fraction of sp³-hybridized carbons (Fsp3) is 0.0769. The van der Waals surface area contributed by atoms with E-state index in [2.05, 4.69) is 0 Å². The van der Waals surface area contributed by atoms with Crippen LogP contribution in [-0.2, 0) is 6.61 Å². The smallest absolute Gasteiger partial charge is 0.122 e. The SMILES string of the molecule is Nc1cccc(Cl)c1COc1cc(Cl)cc(Cl)c1. The molecule has 0 bridgehead atoms. The van der Waals surface area contributed by atoms with Crippen LogP contribution >= 0.6 is 34.8 Å². The molecule has 2 rings (SSSR count). The third kappa shape index (κ3) is 3.22. The first-order valence-corrected chi connectivity index (χ1v) is 6.31. The fourth-order valence-electron chi connectivity index (χ4n) is 1.49. The van der Waals surface area contributed by atoms with Crippen molar-refractivity contribution in [3.63, 3.8) is 0 Å². The molecular formula is C13H10Cl3NO. The van der Waals surface area contributed by atoms with Crippen molar-refractivity contribution in [2.45, 2.75) is 6.61 Å². The van der Waals surface area contributed by atoms with Gasteiger partial charge in [-0.05, 0) is 30.3 Å². The van der Waals surface area contributed by atoms with Crippen molar-refractivity contribution < 1.29 is 4.74 Å². The number of hydrogen-bond acceptors (Lipinski definition) is 2. The van der Waals surface area contributed by atoms with Crippen LogP contribution in [0.5, 0.6) is 5.75 Å². The summed E-state index contributed by atoms with van der Waals surface area (Å²) in [4.78, 5) is 0. The average Bonchev–Trinajstić information content (AvgIpc) is 2.27. The molecule has 0 saturated heterocycles. The highest BCUT2D eigenvalue weighted by Gasteiger charge is 2.06. The van der Waals surface area contributed by atoms with Gasteiger partial charge in [-0.3, -0.25) is 0 Å². The second-order valence-corrected chi connectivity index (χ2v) is 4.98. The molecule has 0 spiro atoms. The third-order valence-electron chi connectivity index (χ3n) is 2.37. The lowest BCUT2D eigenvalue weighted by Crippen LogP contribution is -2.01. The maximum Gasteiger partial charge on any atom is 0.122 e. The molecule has 0 aliphatic carbocycles. The highest BCUT2D eigenvalue weighted by Crippen LogP contribution is 2.27. The summed E-state index contributed by atoms with van der Waals surface area (Å²) in [6, 6.07) is 10.3. The minimum absolute atomic E-state index is 0.266. The lowest BCUT2D eigenvalue weighted by Gasteiger charge is -2.10. The number of nitrogen functional groups attached to an aromatic ring is 1. The van der Waals surface area contributed by atoms with Gasteiger partial charge >= 0.3 is 0 Å². The summed E-state index contributed by atoms with van der Waals surface area (Å²) >= 11 is 17.8. The highest BCUT2D eigenvalue weighted by atomic mass is 35.5. The summed E-state index contributed by atoms with van der Waals surface area (Å²) < 4.78 is 5.58. The molecule has 2 aromatic carbocycles. The number of rotatable bonds is 3. The Morgan fingerprint density at radius 3 is 2.28 bits per heavy atom. The van der Waals surface area contributed by atoms with Gasteiger partial charge in [0.15, 0.2) is 0 Å². The second kappa shape index (κ2) is 5.70. The quantitative estimate of drug-likeness (QED) is 0.826. The summed E-state index contributed by atoms with van der Waals surface area (Å²) in [6.45, 7) is 0.266. The van der Waals surface area contributed by atoms with E-state index in [-0.39, 0.29) is 6.61 Å². The minimum Gasteiger partial charge on any atom is -0.489 e. The summed E-state index contributed by atoms with van der Waals surface area (Å²) in [6.07, 6.45) is 0. The normalized spacial score (nSPS) is 10.4. The van der Waals surface area contributed by atoms with E-state index >= 15 is 0 Å². The number of benzene rings is 2. The van der Waals surface area contributed by atoms with E-state index in [0.717, 1.165) is 5.56 Å². The molecule has 0 aliphatic rings. The van der Waals surface area contributed by atoms with Crippen molar-refractivity contribution >= 4 is 40.5 Å². The molecule has 0 atom stereocenters. The zero-order chi connectivity index (χ0) is 13.1. The molecule has 0 saturated carbocycles. The van der Waals surface area contributed by atoms with Crippen LogP contribution in [0.4, 0.5) is 5.69 Å². The maximum atomic E-state index is 6.05. The molecule has 5 heteroatoms. The first-order valence-electron chi connectivity index (χ1n) is 5.18. The Kier molecular flexibility index (Phi) is 4.23. The van der Waals surface area contributed by atoms with Gasteiger partial charge in [0, 0.05) is 26.3 Å². The van der Waals surface area contributed by atoms with Crippen LogP contribution in [0.3, 0.4) is 0 Å². The van der Waals surface area contributed by atoms with E-state index in [1.54, 1.807) is 36.4 Å². The summed E-state index contributed by atoms with van der Waals surface area (Å²) in [5.41, 5.74) is 7.17. The molecule has 0 fully saturated rings. The second-order valence-electron chi connectivity index (χ2n) is 3.70. The average molecular weight is 303 g/mol. The number of ether oxygens (including phenoxy) is 1. The summed E-state index contributed by atoms with van der Waals surface area (Å²) in [7, 11) is 0. The van der Waals surface area contributed by atoms with E-state index in [9.17, 15) is 0 Å². The Morgan fingerprint density at radius 1 is 1.00 bits per heavy atom. The standard InChI is InChI=1S/C13H10Cl3NO/c14-8-4-9(15)6-10(5-8)18-7-11-12(16)2-1-3-13(11)17/h1-6H,7,17H2. The van der Waals surface area contributed by atoms with Gasteiger partial charge in [0.05, 0.1) is 0 Å². The van der Waals surface area contributed by atoms with Crippen molar-refractivity contribution in [3.05, 3.63) is 57.0 Å². The molecular weight excluding hydrogens is 293 g/mol. The van der Waals surface area contributed by atoms with Gasteiger partial charge in [0.1, 0.15) is 12.4 Å². The molecule has 0 amide bonds. The molecule has 0 heterocycles. The molecule has 2 nitrogen and oxygen atoms in total. The van der Waals surface area contributed by atoms with Crippen LogP contribution < -0.4 is 10.5 Å². The first kappa shape index (κ1) is 13.3. The molecule has 0 aliphatic heterocycles. The molecule has 2 N–H and O–H groups in total. The molecule has 94 valence electrons. The van der Waals surface area contributed by atoms with Gasteiger partial charge in [-0.15, -0.1) is 0 Å². The molecule has 0 unspecified atom stereocenters. The van der Waals surface area contributed by atoms with Crippen LogP contribution in [0.15, 0.2) is 36.4 Å². The molecule has 18 heavy (non-hydrogen) atoms. The Morgan fingerprint density at radius 2 is 1.67 bits per heavy atom. The van der Waals surface area contributed by atoms with Crippen molar-refractivity contribution in [2.75, 3.05) is 5.73 Å². The van der Waals surface area contributed by atoms with E-state index in [1.165, 1.54) is 0 Å². The number of anilines is 1. The zero-order valence-electron chi connectivity index (χ0n) is 9.29. The number of halogens is 3. The van der Waals surface area contributed by atoms with Crippen LogP contribution in [0.25, 0.3) is 0 Å². The first-order chi connectivity index (χ1) is 8.56. The fourth-order valence-corrected chi connectivity index (χ4v) is 2.24. The van der Waals surface area contributed by atoms with Gasteiger partial charge in [-0.1, -0.05) is 40.9 Å². The van der Waals surface area contributed by atoms with Gasteiger partial charge < -0.3 is 10.5 Å². The van der Waals surface area contributed by atoms with Crippen LogP contribution in [0.2, 0.25) is 15.1 Å². The monoisotopic (exact) mass is 301 g/mol. The highest BCUT2D eigenvalue weighted by molar-refractivity contribution is 6.34. The lowest BCUT2D eigenvalue weighted by atomic mass is 10.2. The van der Waals surface area contributed by atoms with Crippen molar-refractivity contribution in [1.29, 1.82) is 0 Å². The Hall–Kier alpha value is -1.09. The van der Waals surface area contributed by atoms with Crippen LogP contribution in [0, 0.1) is 0 Å². The Balaban J connectivity index is 2.16. The summed E-state index contributed by atoms with van der Waals surface area (Å²) in [5.74, 6) is 0.576. The van der Waals surface area contributed by atoms with Gasteiger partial charge in [0.25, 0.3) is 0 Å². The lowest BCUT2D eigenvalue weighted by molar-refractivity contribution is 0.307. The Bertz CT molecular complexity index is 532. The van der Waals surface area contributed by atoms with Gasteiger partial charge in [-0.25, -0.2) is 0 Å². The third-order valence-corrected chi connectivity index (χ3v) is 3.16. The molecule has 0 aromatic heterocycles. The Labute approximate surface area is 120 Å². The summed E-state index contributed by atoms with van der Waals surface area (Å²) in [5, 5.41) is 1.61. The van der Waals surface area contributed by atoms with E-state index in [0.29, 0.717) is 26.5 Å². The molecule has 0 radical (unpaired) electrons. The van der Waals surface area contributed by atoms with Crippen LogP contribution in [0.1, 0.15) is 5.56 Å². The molecule has 2 aromatic rings. The van der Waals surface area contributed by atoms with Crippen molar-refractivity contribution in [3.8, 4) is 5.75 Å². The zero-order valence-corrected chi connectivity index (χ0v) is 11.6. The van der Waals surface area contributed by atoms with Crippen molar-refractivity contribution in [1.82, 2.24) is 0 Å². The van der Waals surface area contributed by atoms with E-state index < -0.39 is 0 Å². The number of hydrogen-bond donors (Lipinski definition) is 1. The largest absolute Gasteiger partial charge is 0.489 e. The van der Waals surface area contributed by atoms with Gasteiger partial charge in [-0.2, -0.15) is 0 Å². The predicted octanol–water partition coefficient (Wildman–Crippen LogP) is 4.81. The minimum atomic E-state index is 0.266. The van der Waals surface area contributed by atoms with E-state index in [1.807, 2.05) is 0 Å². The van der Waals surface area contributed by atoms with Crippen molar-refractivity contribution in [2.24, 2.45) is 0 Å². The number of nitrogens with two attached hydrogens (primary N) is 1. The predicted molar refractivity (Wildman–Crippen MR) is 76.7 cm³/mol. The van der Waals surface area contributed by atoms with E-state index in [4.69, 9.17) is 45.3 Å². The topological polar surface area (TPSA) is 35.2 Å².